The minimum Gasteiger partial charge on any atom is -0.489 e. The number of ether oxygens (including phenoxy) is 1. The molecule has 0 aromatic heterocycles. The average Bonchev–Trinajstić information content (AvgIpc) is 2.76. The molecule has 1 amide bonds. The van der Waals surface area contributed by atoms with Crippen LogP contribution in [0.25, 0.3) is 0 Å². The fourth-order valence-electron chi connectivity index (χ4n) is 2.52. The maximum atomic E-state index is 11.9. The van der Waals surface area contributed by atoms with E-state index in [2.05, 4.69) is 15.8 Å². The lowest BCUT2D eigenvalue weighted by molar-refractivity contribution is -0.119. The summed E-state index contributed by atoms with van der Waals surface area (Å²) in [5, 5.41) is 7.21. The first-order chi connectivity index (χ1) is 13.7. The number of hydrazone groups is 1. The van der Waals surface area contributed by atoms with Crippen LogP contribution in [0.5, 0.6) is 5.75 Å². The Morgan fingerprint density at radius 3 is 2.21 bits per heavy atom. The maximum Gasteiger partial charge on any atom is 0.259 e. The predicted molar refractivity (Wildman–Crippen MR) is 113 cm³/mol. The molecule has 0 fully saturated rings. The Hall–Kier alpha value is -3.60. The monoisotopic (exact) mass is 373 g/mol. The average molecular weight is 373 g/mol. The number of rotatable bonds is 8. The number of para-hydroxylation sites is 1. The van der Waals surface area contributed by atoms with Gasteiger partial charge in [0.05, 0.1) is 12.3 Å². The normalized spacial score (nSPS) is 11.0. The molecule has 3 aromatic rings. The molecule has 0 unspecified atom stereocenters. The van der Waals surface area contributed by atoms with E-state index in [4.69, 9.17) is 4.74 Å². The van der Waals surface area contributed by atoms with Crippen molar-refractivity contribution in [3.63, 3.8) is 0 Å². The summed E-state index contributed by atoms with van der Waals surface area (Å²) in [6.07, 6.45) is 0. The third-order valence-electron chi connectivity index (χ3n) is 4.10. The number of carbonyl (C=O) groups excluding carboxylic acids is 1. The standard InChI is InChI=1S/C23H23N3O2/c1-18(25-26-23(27)16-24-21-10-6-3-7-11-21)20-12-14-22(15-13-20)28-17-19-8-4-2-5-9-19/h2-15,24H,16-17H2,1H3,(H,26,27)/b25-18-. The second kappa shape index (κ2) is 9.92. The highest BCUT2D eigenvalue weighted by Crippen LogP contribution is 2.14. The van der Waals surface area contributed by atoms with E-state index in [1.165, 1.54) is 0 Å². The van der Waals surface area contributed by atoms with Crippen molar-refractivity contribution in [2.24, 2.45) is 5.10 Å². The molecule has 0 aliphatic carbocycles. The van der Waals surface area contributed by atoms with Gasteiger partial charge in [-0.2, -0.15) is 5.10 Å². The maximum absolute atomic E-state index is 11.9. The third kappa shape index (κ3) is 5.99. The summed E-state index contributed by atoms with van der Waals surface area (Å²) in [4.78, 5) is 11.9. The molecule has 142 valence electrons. The van der Waals surface area contributed by atoms with Crippen molar-refractivity contribution in [1.82, 2.24) is 5.43 Å². The van der Waals surface area contributed by atoms with Crippen LogP contribution in [-0.4, -0.2) is 18.2 Å². The van der Waals surface area contributed by atoms with Crippen LogP contribution in [0.1, 0.15) is 18.1 Å². The molecule has 0 spiro atoms. The lowest BCUT2D eigenvalue weighted by Gasteiger charge is -2.08. The molecular weight excluding hydrogens is 350 g/mol. The van der Waals surface area contributed by atoms with Gasteiger partial charge < -0.3 is 10.1 Å². The fourth-order valence-corrected chi connectivity index (χ4v) is 2.52. The van der Waals surface area contributed by atoms with Gasteiger partial charge in [0.1, 0.15) is 12.4 Å². The van der Waals surface area contributed by atoms with Crippen LogP contribution in [0.4, 0.5) is 5.69 Å². The number of benzene rings is 3. The summed E-state index contributed by atoms with van der Waals surface area (Å²) in [6, 6.07) is 27.2. The van der Waals surface area contributed by atoms with Crippen molar-refractivity contribution in [1.29, 1.82) is 0 Å². The molecule has 0 atom stereocenters. The molecule has 28 heavy (non-hydrogen) atoms. The zero-order valence-electron chi connectivity index (χ0n) is 15.8. The van der Waals surface area contributed by atoms with Gasteiger partial charge in [0.15, 0.2) is 0 Å². The minimum atomic E-state index is -0.203. The Bertz CT molecular complexity index is 908. The highest BCUT2D eigenvalue weighted by Gasteiger charge is 2.03. The largest absolute Gasteiger partial charge is 0.489 e. The molecule has 0 heterocycles. The summed E-state index contributed by atoms with van der Waals surface area (Å²) in [5.41, 5.74) is 6.23. The van der Waals surface area contributed by atoms with Gasteiger partial charge in [0.2, 0.25) is 0 Å². The summed E-state index contributed by atoms with van der Waals surface area (Å²) >= 11 is 0. The van der Waals surface area contributed by atoms with Crippen LogP contribution in [0.3, 0.4) is 0 Å². The van der Waals surface area contributed by atoms with Crippen molar-refractivity contribution in [2.75, 3.05) is 11.9 Å². The molecule has 0 bridgehead atoms. The molecule has 2 N–H and O–H groups in total. The van der Waals surface area contributed by atoms with Crippen molar-refractivity contribution in [2.45, 2.75) is 13.5 Å². The Balaban J connectivity index is 1.47. The Labute approximate surface area is 165 Å². The summed E-state index contributed by atoms with van der Waals surface area (Å²) in [7, 11) is 0. The highest BCUT2D eigenvalue weighted by atomic mass is 16.5. The van der Waals surface area contributed by atoms with E-state index in [1.807, 2.05) is 91.9 Å². The van der Waals surface area contributed by atoms with Gasteiger partial charge in [-0.15, -0.1) is 0 Å². The molecule has 0 radical (unpaired) electrons. The number of hydrogen-bond acceptors (Lipinski definition) is 4. The summed E-state index contributed by atoms with van der Waals surface area (Å²) < 4.78 is 5.78. The van der Waals surface area contributed by atoms with Crippen molar-refractivity contribution in [3.05, 3.63) is 96.1 Å². The summed E-state index contributed by atoms with van der Waals surface area (Å²) in [5.74, 6) is 0.586. The van der Waals surface area contributed by atoms with Crippen molar-refractivity contribution >= 4 is 17.3 Å². The van der Waals surface area contributed by atoms with E-state index in [0.717, 1.165) is 28.3 Å². The van der Waals surface area contributed by atoms with Gasteiger partial charge >= 0.3 is 0 Å². The smallest absolute Gasteiger partial charge is 0.259 e. The van der Waals surface area contributed by atoms with Crippen LogP contribution in [-0.2, 0) is 11.4 Å². The van der Waals surface area contributed by atoms with Gasteiger partial charge in [-0.05, 0) is 54.4 Å². The lowest BCUT2D eigenvalue weighted by Crippen LogP contribution is -2.26. The molecular formula is C23H23N3O2. The molecule has 3 rings (SSSR count). The van der Waals surface area contributed by atoms with E-state index in [-0.39, 0.29) is 12.5 Å². The zero-order chi connectivity index (χ0) is 19.6. The molecule has 0 aliphatic rings. The van der Waals surface area contributed by atoms with E-state index in [1.54, 1.807) is 0 Å². The van der Waals surface area contributed by atoms with Gasteiger partial charge in [0, 0.05) is 5.69 Å². The number of hydrogen-bond donors (Lipinski definition) is 2. The molecule has 0 saturated heterocycles. The highest BCUT2D eigenvalue weighted by molar-refractivity contribution is 5.99. The summed E-state index contributed by atoms with van der Waals surface area (Å²) in [6.45, 7) is 2.54. The first kappa shape index (κ1) is 19.2. The lowest BCUT2D eigenvalue weighted by atomic mass is 10.1. The van der Waals surface area contributed by atoms with Crippen LogP contribution in [0, 0.1) is 0 Å². The first-order valence-electron chi connectivity index (χ1n) is 9.10. The SMILES string of the molecule is C/C(=N/NC(=O)CNc1ccccc1)c1ccc(OCc2ccccc2)cc1. The van der Waals surface area contributed by atoms with Crippen LogP contribution in [0.15, 0.2) is 90.0 Å². The number of carbonyl (C=O) groups is 1. The number of amides is 1. The second-order valence-electron chi connectivity index (χ2n) is 6.25. The van der Waals surface area contributed by atoms with Crippen molar-refractivity contribution in [3.8, 4) is 5.75 Å². The van der Waals surface area contributed by atoms with Crippen LogP contribution >= 0.6 is 0 Å². The third-order valence-corrected chi connectivity index (χ3v) is 4.10. The van der Waals surface area contributed by atoms with Gasteiger partial charge in [-0.1, -0.05) is 48.5 Å². The zero-order valence-corrected chi connectivity index (χ0v) is 15.8. The van der Waals surface area contributed by atoms with Gasteiger partial charge in [0.25, 0.3) is 5.91 Å². The minimum absolute atomic E-state index is 0.160. The van der Waals surface area contributed by atoms with Crippen LogP contribution in [0.2, 0.25) is 0 Å². The molecule has 0 saturated carbocycles. The first-order valence-corrected chi connectivity index (χ1v) is 9.10. The van der Waals surface area contributed by atoms with Gasteiger partial charge in [-0.25, -0.2) is 5.43 Å². The molecule has 5 heteroatoms. The fraction of sp³-hybridized carbons (Fsp3) is 0.130. The Kier molecular flexibility index (Phi) is 6.79. The Morgan fingerprint density at radius 2 is 1.54 bits per heavy atom. The van der Waals surface area contributed by atoms with Crippen LogP contribution < -0.4 is 15.5 Å². The van der Waals surface area contributed by atoms with E-state index >= 15 is 0 Å². The number of nitrogens with one attached hydrogen (secondary N) is 2. The van der Waals surface area contributed by atoms with Gasteiger partial charge in [-0.3, -0.25) is 4.79 Å². The number of anilines is 1. The Morgan fingerprint density at radius 1 is 0.893 bits per heavy atom. The molecule has 3 aromatic carbocycles. The predicted octanol–water partition coefficient (Wildman–Crippen LogP) is 4.22. The molecule has 5 nitrogen and oxygen atoms in total. The van der Waals surface area contributed by atoms with E-state index < -0.39 is 0 Å². The van der Waals surface area contributed by atoms with E-state index in [9.17, 15) is 4.79 Å². The molecule has 0 aliphatic heterocycles. The number of nitrogens with zero attached hydrogens (tertiary/aromatic N) is 1. The quantitative estimate of drug-likeness (QED) is 0.459. The van der Waals surface area contributed by atoms with E-state index in [0.29, 0.717) is 6.61 Å². The second-order valence-corrected chi connectivity index (χ2v) is 6.25. The van der Waals surface area contributed by atoms with Crippen molar-refractivity contribution < 1.29 is 9.53 Å². The topological polar surface area (TPSA) is 62.7 Å².